The predicted molar refractivity (Wildman–Crippen MR) is 99.1 cm³/mol. The maximum atomic E-state index is 9.70. The number of hydrogen-bond donors (Lipinski definition) is 0. The molecule has 0 aliphatic heterocycles. The Labute approximate surface area is 154 Å². The summed E-state index contributed by atoms with van der Waals surface area (Å²) >= 11 is 0. The predicted octanol–water partition coefficient (Wildman–Crippen LogP) is 5.43. The van der Waals surface area contributed by atoms with Gasteiger partial charge in [-0.15, -0.1) is 0 Å². The van der Waals surface area contributed by atoms with Gasteiger partial charge in [0.2, 0.25) is 5.88 Å². The molecule has 0 spiro atoms. The van der Waals surface area contributed by atoms with Crippen LogP contribution in [-0.4, -0.2) is 13.3 Å². The van der Waals surface area contributed by atoms with Crippen molar-refractivity contribution in [3.8, 4) is 34.7 Å². The monoisotopic (exact) mass is 358 g/mol. The third-order valence-corrected chi connectivity index (χ3v) is 3.96. The largest absolute Gasteiger partial charge is 0.497 e. The van der Waals surface area contributed by atoms with Gasteiger partial charge in [0.1, 0.15) is 23.1 Å². The summed E-state index contributed by atoms with van der Waals surface area (Å²) in [6, 6.07) is 16.5. The first-order chi connectivity index (χ1) is 13.3. The van der Waals surface area contributed by atoms with Crippen molar-refractivity contribution < 1.29 is 18.0 Å². The second kappa shape index (κ2) is 7.10. The third-order valence-electron chi connectivity index (χ3n) is 3.96. The summed E-state index contributed by atoms with van der Waals surface area (Å²) in [5, 5.41) is 9.70. The van der Waals surface area contributed by atoms with E-state index in [0.29, 0.717) is 22.8 Å². The van der Waals surface area contributed by atoms with Crippen LogP contribution in [0, 0.1) is 11.3 Å². The molecule has 6 nitrogen and oxygen atoms in total. The van der Waals surface area contributed by atoms with E-state index in [0.717, 1.165) is 11.3 Å². The van der Waals surface area contributed by atoms with Crippen LogP contribution in [0.2, 0.25) is 0 Å². The molecule has 0 N–H and O–H groups in total. The number of aliphatic imine (C=N–C) groups is 1. The van der Waals surface area contributed by atoms with E-state index in [1.807, 2.05) is 24.3 Å². The van der Waals surface area contributed by atoms with Gasteiger partial charge in [-0.1, -0.05) is 0 Å². The van der Waals surface area contributed by atoms with Crippen molar-refractivity contribution in [2.24, 2.45) is 4.99 Å². The number of ether oxygens (including phenoxy) is 1. The van der Waals surface area contributed by atoms with Crippen molar-refractivity contribution in [1.29, 1.82) is 5.26 Å². The van der Waals surface area contributed by atoms with Crippen molar-refractivity contribution in [3.05, 3.63) is 72.2 Å². The molecular weight excluding hydrogens is 344 g/mol. The van der Waals surface area contributed by atoms with E-state index in [1.165, 1.54) is 12.5 Å². The maximum Gasteiger partial charge on any atom is 0.238 e. The van der Waals surface area contributed by atoms with Crippen LogP contribution in [-0.2, 0) is 0 Å². The quantitative estimate of drug-likeness (QED) is 0.444. The van der Waals surface area contributed by atoms with Crippen LogP contribution in [0.25, 0.3) is 22.8 Å². The minimum absolute atomic E-state index is 0.186. The number of benzene rings is 1. The highest BCUT2D eigenvalue weighted by Crippen LogP contribution is 2.42. The lowest BCUT2D eigenvalue weighted by Gasteiger charge is -1.98. The van der Waals surface area contributed by atoms with Gasteiger partial charge in [0.25, 0.3) is 0 Å². The van der Waals surface area contributed by atoms with Crippen LogP contribution in [0.1, 0.15) is 11.1 Å². The SMILES string of the molecule is COc1ccc(C=Nc2oc(-c3ccco3)c(-c3ccco3)c2C#N)cc1. The molecule has 0 amide bonds. The first-order valence-electron chi connectivity index (χ1n) is 8.13. The van der Waals surface area contributed by atoms with Crippen molar-refractivity contribution in [1.82, 2.24) is 0 Å². The number of rotatable bonds is 5. The highest BCUT2D eigenvalue weighted by molar-refractivity contribution is 5.87. The molecule has 1 aromatic carbocycles. The number of furan rings is 3. The molecule has 4 aromatic rings. The smallest absolute Gasteiger partial charge is 0.238 e. The number of methoxy groups -OCH3 is 1. The van der Waals surface area contributed by atoms with Crippen LogP contribution in [0.5, 0.6) is 5.75 Å². The average Bonchev–Trinajstić information content (AvgIpc) is 3.46. The highest BCUT2D eigenvalue weighted by Gasteiger charge is 2.25. The Bertz CT molecular complexity index is 1100. The van der Waals surface area contributed by atoms with Crippen LogP contribution >= 0.6 is 0 Å². The Morgan fingerprint density at radius 2 is 1.70 bits per heavy atom. The molecular formula is C21H14N2O4. The Morgan fingerprint density at radius 1 is 1.00 bits per heavy atom. The standard InChI is InChI=1S/C21H14N2O4/c1-24-15-8-6-14(7-9-15)13-23-21-16(12-22)19(17-4-2-10-25-17)20(27-21)18-5-3-11-26-18/h2-11,13H,1H3. The molecule has 4 rings (SSSR count). The third kappa shape index (κ3) is 3.14. The maximum absolute atomic E-state index is 9.70. The minimum Gasteiger partial charge on any atom is -0.497 e. The molecule has 3 aromatic heterocycles. The fourth-order valence-corrected chi connectivity index (χ4v) is 2.67. The molecule has 0 aliphatic rings. The van der Waals surface area contributed by atoms with Crippen molar-refractivity contribution in [2.75, 3.05) is 7.11 Å². The van der Waals surface area contributed by atoms with Gasteiger partial charge < -0.3 is 18.0 Å². The van der Waals surface area contributed by atoms with Gasteiger partial charge in [-0.3, -0.25) is 0 Å². The highest BCUT2D eigenvalue weighted by atomic mass is 16.5. The second-order valence-corrected chi connectivity index (χ2v) is 5.58. The average molecular weight is 358 g/mol. The summed E-state index contributed by atoms with van der Waals surface area (Å²) in [7, 11) is 1.61. The van der Waals surface area contributed by atoms with Crippen LogP contribution in [0.15, 0.2) is 79.3 Å². The topological polar surface area (TPSA) is 84.8 Å². The normalized spacial score (nSPS) is 11.0. The Morgan fingerprint density at radius 3 is 2.30 bits per heavy atom. The summed E-state index contributed by atoms with van der Waals surface area (Å²) in [5.74, 6) is 2.33. The van der Waals surface area contributed by atoms with Gasteiger partial charge in [-0.2, -0.15) is 5.26 Å². The van der Waals surface area contributed by atoms with Gasteiger partial charge in [0.05, 0.1) is 25.2 Å². The minimum atomic E-state index is 0.186. The summed E-state index contributed by atoms with van der Waals surface area (Å²) in [5.41, 5.74) is 1.63. The lowest BCUT2D eigenvalue weighted by Crippen LogP contribution is -1.84. The van der Waals surface area contributed by atoms with Gasteiger partial charge in [-0.05, 0) is 54.1 Å². The Balaban J connectivity index is 1.80. The zero-order valence-corrected chi connectivity index (χ0v) is 14.4. The van der Waals surface area contributed by atoms with Crippen LogP contribution < -0.4 is 4.74 Å². The molecule has 3 heterocycles. The zero-order valence-electron chi connectivity index (χ0n) is 14.4. The van der Waals surface area contributed by atoms with E-state index in [-0.39, 0.29) is 11.4 Å². The molecule has 0 radical (unpaired) electrons. The molecule has 0 bridgehead atoms. The van der Waals surface area contributed by atoms with Crippen LogP contribution in [0.3, 0.4) is 0 Å². The van der Waals surface area contributed by atoms with E-state index in [1.54, 1.807) is 37.6 Å². The summed E-state index contributed by atoms with van der Waals surface area (Å²) in [4.78, 5) is 4.37. The van der Waals surface area contributed by atoms with E-state index >= 15 is 0 Å². The lowest BCUT2D eigenvalue weighted by molar-refractivity contribution is 0.415. The van der Waals surface area contributed by atoms with Crippen molar-refractivity contribution in [2.45, 2.75) is 0 Å². The molecule has 0 saturated carbocycles. The van der Waals surface area contributed by atoms with Gasteiger partial charge in [0, 0.05) is 6.21 Å². The Hall–Kier alpha value is -3.98. The molecule has 27 heavy (non-hydrogen) atoms. The number of nitriles is 1. The first-order valence-corrected chi connectivity index (χ1v) is 8.13. The fraction of sp³-hybridized carbons (Fsp3) is 0.0476. The zero-order chi connectivity index (χ0) is 18.6. The number of nitrogens with zero attached hydrogens (tertiary/aromatic N) is 2. The van der Waals surface area contributed by atoms with Crippen LogP contribution in [0.4, 0.5) is 5.88 Å². The first kappa shape index (κ1) is 16.5. The molecule has 0 atom stereocenters. The molecule has 0 saturated heterocycles. The Kier molecular flexibility index (Phi) is 4.33. The van der Waals surface area contributed by atoms with Gasteiger partial charge in [0.15, 0.2) is 11.5 Å². The number of hydrogen-bond acceptors (Lipinski definition) is 6. The van der Waals surface area contributed by atoms with Crippen molar-refractivity contribution >= 4 is 12.1 Å². The summed E-state index contributed by atoms with van der Waals surface area (Å²) in [6.07, 6.45) is 4.70. The van der Waals surface area contributed by atoms with Crippen molar-refractivity contribution in [3.63, 3.8) is 0 Å². The lowest BCUT2D eigenvalue weighted by atomic mass is 10.1. The van der Waals surface area contributed by atoms with Gasteiger partial charge in [-0.25, -0.2) is 4.99 Å². The summed E-state index contributed by atoms with van der Waals surface area (Å²) < 4.78 is 21.9. The summed E-state index contributed by atoms with van der Waals surface area (Å²) in [6.45, 7) is 0. The fourth-order valence-electron chi connectivity index (χ4n) is 2.67. The van der Waals surface area contributed by atoms with E-state index in [4.69, 9.17) is 18.0 Å². The van der Waals surface area contributed by atoms with E-state index in [2.05, 4.69) is 11.1 Å². The van der Waals surface area contributed by atoms with E-state index < -0.39 is 0 Å². The molecule has 6 heteroatoms. The molecule has 0 aliphatic carbocycles. The molecule has 0 unspecified atom stereocenters. The second-order valence-electron chi connectivity index (χ2n) is 5.58. The molecule has 0 fully saturated rings. The molecule has 132 valence electrons. The van der Waals surface area contributed by atoms with E-state index in [9.17, 15) is 5.26 Å². The van der Waals surface area contributed by atoms with Gasteiger partial charge >= 0.3 is 0 Å².